The predicted molar refractivity (Wildman–Crippen MR) is 111 cm³/mol. The highest BCUT2D eigenvalue weighted by molar-refractivity contribution is 7.14. The quantitative estimate of drug-likeness (QED) is 0.611. The van der Waals surface area contributed by atoms with Crippen molar-refractivity contribution < 1.29 is 9.53 Å². The fourth-order valence-corrected chi connectivity index (χ4v) is 4.58. The highest BCUT2D eigenvalue weighted by atomic mass is 35.5. The van der Waals surface area contributed by atoms with Gasteiger partial charge in [0.1, 0.15) is 15.8 Å². The van der Waals surface area contributed by atoms with Gasteiger partial charge in [-0.2, -0.15) is 0 Å². The molecule has 144 valence electrons. The van der Waals surface area contributed by atoms with Gasteiger partial charge in [0, 0.05) is 35.2 Å². The van der Waals surface area contributed by atoms with Crippen molar-refractivity contribution in [2.45, 2.75) is 18.8 Å². The normalized spacial score (nSPS) is 16.8. The van der Waals surface area contributed by atoms with E-state index < -0.39 is 0 Å². The molecule has 0 bridgehead atoms. The molecule has 28 heavy (non-hydrogen) atoms. The summed E-state index contributed by atoms with van der Waals surface area (Å²) in [6, 6.07) is 14.9. The number of aromatic nitrogens is 2. The van der Waals surface area contributed by atoms with E-state index in [4.69, 9.17) is 16.3 Å². The number of nitrogens with zero attached hydrogens (tertiary/aromatic N) is 3. The summed E-state index contributed by atoms with van der Waals surface area (Å²) < 4.78 is 5.21. The second-order valence-corrected chi connectivity index (χ2v) is 8.22. The summed E-state index contributed by atoms with van der Waals surface area (Å²) in [7, 11) is 1.65. The van der Waals surface area contributed by atoms with Gasteiger partial charge in [0.15, 0.2) is 0 Å². The van der Waals surface area contributed by atoms with Crippen molar-refractivity contribution in [1.29, 1.82) is 0 Å². The van der Waals surface area contributed by atoms with Crippen LogP contribution in [0.5, 0.6) is 5.75 Å². The van der Waals surface area contributed by atoms with E-state index in [0.29, 0.717) is 17.1 Å². The molecule has 3 aromatic rings. The van der Waals surface area contributed by atoms with Crippen LogP contribution in [-0.4, -0.2) is 41.2 Å². The number of carbonyl (C=O) groups excluding carboxylic acids is 1. The van der Waals surface area contributed by atoms with E-state index in [2.05, 4.69) is 10.2 Å². The molecule has 1 atom stereocenters. The number of rotatable bonds is 4. The number of halogens is 1. The van der Waals surface area contributed by atoms with Gasteiger partial charge in [0.2, 0.25) is 0 Å². The Bertz CT molecular complexity index is 974. The molecule has 0 radical (unpaired) electrons. The van der Waals surface area contributed by atoms with E-state index in [1.54, 1.807) is 30.6 Å². The smallest absolute Gasteiger partial charge is 0.253 e. The maximum absolute atomic E-state index is 12.8. The van der Waals surface area contributed by atoms with E-state index in [0.717, 1.165) is 40.7 Å². The Morgan fingerprint density at radius 1 is 1.21 bits per heavy atom. The summed E-state index contributed by atoms with van der Waals surface area (Å²) >= 11 is 7.63. The largest absolute Gasteiger partial charge is 0.497 e. The molecule has 1 aliphatic heterocycles. The van der Waals surface area contributed by atoms with Crippen LogP contribution in [0.15, 0.2) is 48.5 Å². The molecule has 2 heterocycles. The second-order valence-electron chi connectivity index (χ2n) is 6.77. The van der Waals surface area contributed by atoms with Crippen molar-refractivity contribution in [1.82, 2.24) is 15.1 Å². The summed E-state index contributed by atoms with van der Waals surface area (Å²) in [4.78, 5) is 14.7. The highest BCUT2D eigenvalue weighted by Gasteiger charge is 2.28. The first kappa shape index (κ1) is 18.9. The Labute approximate surface area is 172 Å². The Morgan fingerprint density at radius 2 is 2.04 bits per heavy atom. The Morgan fingerprint density at radius 3 is 2.79 bits per heavy atom. The fraction of sp³-hybridized carbons (Fsp3) is 0.286. The molecule has 1 amide bonds. The SMILES string of the molecule is COc1ccc(-c2nnc(C3CCCN(C(=O)c4cccc(Cl)c4)C3)s2)cc1. The number of likely N-dealkylation sites (tertiary alicyclic amines) is 1. The minimum absolute atomic E-state index is 0.0205. The molecule has 0 aliphatic carbocycles. The Balaban J connectivity index is 1.49. The third-order valence-electron chi connectivity index (χ3n) is 4.91. The van der Waals surface area contributed by atoms with E-state index in [1.807, 2.05) is 41.3 Å². The lowest BCUT2D eigenvalue weighted by Crippen LogP contribution is -2.39. The van der Waals surface area contributed by atoms with Crippen molar-refractivity contribution >= 4 is 28.8 Å². The van der Waals surface area contributed by atoms with Crippen LogP contribution in [0.4, 0.5) is 0 Å². The zero-order chi connectivity index (χ0) is 19.5. The number of hydrogen-bond donors (Lipinski definition) is 0. The van der Waals surface area contributed by atoms with Crippen LogP contribution >= 0.6 is 22.9 Å². The van der Waals surface area contributed by atoms with Gasteiger partial charge in [0.05, 0.1) is 7.11 Å². The third kappa shape index (κ3) is 4.03. The van der Waals surface area contributed by atoms with Gasteiger partial charge in [-0.1, -0.05) is 29.0 Å². The van der Waals surface area contributed by atoms with Crippen LogP contribution < -0.4 is 4.74 Å². The summed E-state index contributed by atoms with van der Waals surface area (Å²) in [6.07, 6.45) is 1.96. The lowest BCUT2D eigenvalue weighted by Gasteiger charge is -2.31. The predicted octanol–water partition coefficient (Wildman–Crippen LogP) is 4.89. The number of carbonyl (C=O) groups is 1. The zero-order valence-corrected chi connectivity index (χ0v) is 17.0. The number of ether oxygens (including phenoxy) is 1. The first-order valence-electron chi connectivity index (χ1n) is 9.16. The van der Waals surface area contributed by atoms with Gasteiger partial charge in [-0.3, -0.25) is 4.79 Å². The molecule has 1 aromatic heterocycles. The molecule has 1 aliphatic rings. The molecule has 2 aromatic carbocycles. The van der Waals surface area contributed by atoms with E-state index >= 15 is 0 Å². The molecule has 0 spiro atoms. The van der Waals surface area contributed by atoms with Crippen molar-refractivity contribution in [2.75, 3.05) is 20.2 Å². The summed E-state index contributed by atoms with van der Waals surface area (Å²) in [5.74, 6) is 1.05. The molecule has 1 unspecified atom stereocenters. The van der Waals surface area contributed by atoms with E-state index in [-0.39, 0.29) is 11.8 Å². The van der Waals surface area contributed by atoms with E-state index in [1.165, 1.54) is 0 Å². The molecule has 5 nitrogen and oxygen atoms in total. The van der Waals surface area contributed by atoms with Gasteiger partial charge in [0.25, 0.3) is 5.91 Å². The average Bonchev–Trinajstić information content (AvgIpc) is 3.24. The number of benzene rings is 2. The number of amides is 1. The lowest BCUT2D eigenvalue weighted by atomic mass is 9.98. The van der Waals surface area contributed by atoms with Gasteiger partial charge in [-0.15, -0.1) is 10.2 Å². The highest BCUT2D eigenvalue weighted by Crippen LogP contribution is 2.33. The number of hydrogen-bond acceptors (Lipinski definition) is 5. The Kier molecular flexibility index (Phi) is 5.59. The molecule has 1 fully saturated rings. The van der Waals surface area contributed by atoms with Gasteiger partial charge in [-0.25, -0.2) is 0 Å². The molecule has 7 heteroatoms. The van der Waals surface area contributed by atoms with Crippen LogP contribution in [0.1, 0.15) is 34.1 Å². The maximum atomic E-state index is 12.8. The Hall–Kier alpha value is -2.44. The molecular formula is C21H20ClN3O2S. The monoisotopic (exact) mass is 413 g/mol. The zero-order valence-electron chi connectivity index (χ0n) is 15.5. The van der Waals surface area contributed by atoms with Gasteiger partial charge < -0.3 is 9.64 Å². The molecule has 0 saturated carbocycles. The van der Waals surface area contributed by atoms with Crippen LogP contribution in [0.3, 0.4) is 0 Å². The second kappa shape index (κ2) is 8.29. The van der Waals surface area contributed by atoms with Crippen LogP contribution in [-0.2, 0) is 0 Å². The molecule has 0 N–H and O–H groups in total. The first-order chi connectivity index (χ1) is 13.6. The topological polar surface area (TPSA) is 55.3 Å². The molecule has 4 rings (SSSR count). The third-order valence-corrected chi connectivity index (χ3v) is 6.28. The van der Waals surface area contributed by atoms with Crippen molar-refractivity contribution in [3.63, 3.8) is 0 Å². The van der Waals surface area contributed by atoms with Crippen LogP contribution in [0, 0.1) is 0 Å². The van der Waals surface area contributed by atoms with Crippen molar-refractivity contribution in [2.24, 2.45) is 0 Å². The number of methoxy groups -OCH3 is 1. The molecule has 1 saturated heterocycles. The average molecular weight is 414 g/mol. The minimum atomic E-state index is 0.0205. The standard InChI is InChI=1S/C21H20ClN3O2S/c1-27-18-9-7-14(8-10-18)19-23-24-20(28-19)16-5-3-11-25(13-16)21(26)15-4-2-6-17(22)12-15/h2,4,6-10,12,16H,3,5,11,13H2,1H3. The van der Waals surface area contributed by atoms with Crippen LogP contribution in [0.25, 0.3) is 10.6 Å². The summed E-state index contributed by atoms with van der Waals surface area (Å²) in [6.45, 7) is 1.41. The summed E-state index contributed by atoms with van der Waals surface area (Å²) in [5, 5.41) is 11.2. The van der Waals surface area contributed by atoms with Gasteiger partial charge in [-0.05, 0) is 55.3 Å². The first-order valence-corrected chi connectivity index (χ1v) is 10.4. The van der Waals surface area contributed by atoms with Crippen molar-refractivity contribution in [3.8, 4) is 16.3 Å². The van der Waals surface area contributed by atoms with Gasteiger partial charge >= 0.3 is 0 Å². The minimum Gasteiger partial charge on any atom is -0.497 e. The van der Waals surface area contributed by atoms with E-state index in [9.17, 15) is 4.79 Å². The van der Waals surface area contributed by atoms with Crippen LogP contribution in [0.2, 0.25) is 5.02 Å². The van der Waals surface area contributed by atoms with Crippen molar-refractivity contribution in [3.05, 3.63) is 64.1 Å². The lowest BCUT2D eigenvalue weighted by molar-refractivity contribution is 0.0707. The number of piperidine rings is 1. The summed E-state index contributed by atoms with van der Waals surface area (Å²) in [5.41, 5.74) is 1.65. The maximum Gasteiger partial charge on any atom is 0.253 e. The fourth-order valence-electron chi connectivity index (χ4n) is 3.42. The molecular weight excluding hydrogens is 394 g/mol.